The van der Waals surface area contributed by atoms with E-state index in [4.69, 9.17) is 4.74 Å². The van der Waals surface area contributed by atoms with E-state index in [1.807, 2.05) is 30.3 Å². The molecule has 130 valence electrons. The van der Waals surface area contributed by atoms with Crippen LogP contribution in [0.4, 0.5) is 4.39 Å². The highest BCUT2D eigenvalue weighted by Gasteiger charge is 2.27. The zero-order valence-electron chi connectivity index (χ0n) is 14.1. The Morgan fingerprint density at radius 2 is 1.84 bits per heavy atom. The highest BCUT2D eigenvalue weighted by Crippen LogP contribution is 2.23. The zero-order chi connectivity index (χ0) is 18.2. The van der Waals surface area contributed by atoms with Crippen LogP contribution < -0.4 is 5.32 Å². The van der Waals surface area contributed by atoms with Crippen molar-refractivity contribution in [3.05, 3.63) is 77.6 Å². The molecule has 2 aromatic carbocycles. The number of methoxy groups -OCH3 is 1. The van der Waals surface area contributed by atoms with Crippen LogP contribution in [0.15, 0.2) is 60.7 Å². The second-order valence-corrected chi connectivity index (χ2v) is 5.60. The molecule has 0 aromatic heterocycles. The fourth-order valence-electron chi connectivity index (χ4n) is 2.46. The molecule has 0 spiro atoms. The number of halogens is 1. The molecule has 0 heterocycles. The lowest BCUT2D eigenvalue weighted by molar-refractivity contribution is -0.146. The fraction of sp³-hybridized carbons (Fsp3) is 0.200. The third-order valence-corrected chi connectivity index (χ3v) is 3.81. The van der Waals surface area contributed by atoms with Crippen LogP contribution in [0, 0.1) is 11.7 Å². The third kappa shape index (κ3) is 5.28. The van der Waals surface area contributed by atoms with Gasteiger partial charge in [0.15, 0.2) is 0 Å². The largest absolute Gasteiger partial charge is 0.469 e. The van der Waals surface area contributed by atoms with E-state index in [0.717, 1.165) is 5.56 Å². The average molecular weight is 341 g/mol. The van der Waals surface area contributed by atoms with E-state index in [-0.39, 0.29) is 11.7 Å². The molecule has 2 rings (SSSR count). The van der Waals surface area contributed by atoms with E-state index in [1.165, 1.54) is 31.4 Å². The van der Waals surface area contributed by atoms with Crippen molar-refractivity contribution >= 4 is 18.0 Å². The number of nitrogens with one attached hydrogen (secondary N) is 1. The number of esters is 1. The van der Waals surface area contributed by atoms with Gasteiger partial charge in [0.05, 0.1) is 19.1 Å². The molecule has 5 heteroatoms. The summed E-state index contributed by atoms with van der Waals surface area (Å²) in [6, 6.07) is 14.6. The van der Waals surface area contributed by atoms with Crippen molar-refractivity contribution in [2.24, 2.45) is 5.92 Å². The van der Waals surface area contributed by atoms with Crippen LogP contribution in [0.25, 0.3) is 6.08 Å². The molecule has 2 aromatic rings. The van der Waals surface area contributed by atoms with Crippen molar-refractivity contribution in [2.45, 2.75) is 13.0 Å². The molecule has 0 saturated carbocycles. The van der Waals surface area contributed by atoms with E-state index >= 15 is 0 Å². The predicted molar refractivity (Wildman–Crippen MR) is 93.9 cm³/mol. The Hall–Kier alpha value is -2.95. The Bertz CT molecular complexity index is 759. The van der Waals surface area contributed by atoms with E-state index in [0.29, 0.717) is 5.56 Å². The highest BCUT2D eigenvalue weighted by atomic mass is 19.1. The summed E-state index contributed by atoms with van der Waals surface area (Å²) >= 11 is 0. The van der Waals surface area contributed by atoms with Crippen molar-refractivity contribution in [3.63, 3.8) is 0 Å². The van der Waals surface area contributed by atoms with Crippen LogP contribution in [-0.4, -0.2) is 19.0 Å². The van der Waals surface area contributed by atoms with Crippen LogP contribution in [-0.2, 0) is 14.3 Å². The molecule has 0 aliphatic carbocycles. The first kappa shape index (κ1) is 18.4. The molecule has 1 N–H and O–H groups in total. The fourth-order valence-corrected chi connectivity index (χ4v) is 2.46. The predicted octanol–water partition coefficient (Wildman–Crippen LogP) is 3.51. The molecule has 0 aliphatic heterocycles. The minimum absolute atomic E-state index is 0.371. The summed E-state index contributed by atoms with van der Waals surface area (Å²) in [6.07, 6.45) is 2.83. The quantitative estimate of drug-likeness (QED) is 0.646. The number of hydrogen-bond donors (Lipinski definition) is 1. The van der Waals surface area contributed by atoms with Gasteiger partial charge in [0.2, 0.25) is 5.91 Å². The van der Waals surface area contributed by atoms with Crippen LogP contribution >= 0.6 is 0 Å². The van der Waals surface area contributed by atoms with Gasteiger partial charge in [-0.3, -0.25) is 9.59 Å². The zero-order valence-corrected chi connectivity index (χ0v) is 14.1. The summed E-state index contributed by atoms with van der Waals surface area (Å²) < 4.78 is 18.0. The lowest BCUT2D eigenvalue weighted by Gasteiger charge is -2.23. The molecule has 1 amide bonds. The molecule has 4 nitrogen and oxygen atoms in total. The summed E-state index contributed by atoms with van der Waals surface area (Å²) in [7, 11) is 1.31. The number of benzene rings is 2. The number of carbonyl (C=O) groups is 2. The van der Waals surface area contributed by atoms with E-state index in [1.54, 1.807) is 19.1 Å². The van der Waals surface area contributed by atoms with Crippen molar-refractivity contribution in [1.82, 2.24) is 5.32 Å². The molecule has 25 heavy (non-hydrogen) atoms. The SMILES string of the molecule is COC(=O)[C@H](C)[C@@H](NC(=O)/C=C/c1cccc(F)c1)c1ccccc1. The van der Waals surface area contributed by atoms with E-state index in [9.17, 15) is 14.0 Å². The van der Waals surface area contributed by atoms with Gasteiger partial charge in [-0.2, -0.15) is 0 Å². The molecular formula is C20H20FNO3. The van der Waals surface area contributed by atoms with Crippen LogP contribution in [0.5, 0.6) is 0 Å². The topological polar surface area (TPSA) is 55.4 Å². The summed E-state index contributed by atoms with van der Waals surface area (Å²) in [5.74, 6) is -1.72. The number of hydrogen-bond acceptors (Lipinski definition) is 3. The van der Waals surface area contributed by atoms with Crippen LogP contribution in [0.1, 0.15) is 24.1 Å². The molecule has 0 radical (unpaired) electrons. The number of carbonyl (C=O) groups excluding carboxylic acids is 2. The van der Waals surface area contributed by atoms with Crippen molar-refractivity contribution in [3.8, 4) is 0 Å². The second kappa shape index (κ2) is 8.78. The van der Waals surface area contributed by atoms with Crippen LogP contribution in [0.3, 0.4) is 0 Å². The molecule has 2 atom stereocenters. The highest BCUT2D eigenvalue weighted by molar-refractivity contribution is 5.92. The number of amides is 1. The average Bonchev–Trinajstić information content (AvgIpc) is 2.64. The minimum Gasteiger partial charge on any atom is -0.469 e. The first-order valence-electron chi connectivity index (χ1n) is 7.88. The Balaban J connectivity index is 2.15. The van der Waals surface area contributed by atoms with Gasteiger partial charge in [0, 0.05) is 6.08 Å². The Kier molecular flexibility index (Phi) is 6.46. The molecular weight excluding hydrogens is 321 g/mol. The normalized spacial score (nSPS) is 13.2. The van der Waals surface area contributed by atoms with Gasteiger partial charge in [0.1, 0.15) is 5.82 Å². The van der Waals surface area contributed by atoms with E-state index < -0.39 is 17.9 Å². The molecule has 0 bridgehead atoms. The van der Waals surface area contributed by atoms with Gasteiger partial charge in [0.25, 0.3) is 0 Å². The van der Waals surface area contributed by atoms with Gasteiger partial charge in [-0.25, -0.2) is 4.39 Å². The van der Waals surface area contributed by atoms with Gasteiger partial charge >= 0.3 is 5.97 Å². The van der Waals surface area contributed by atoms with Gasteiger partial charge in [-0.05, 0) is 36.3 Å². The summed E-state index contributed by atoms with van der Waals surface area (Å²) in [5.41, 5.74) is 1.38. The summed E-state index contributed by atoms with van der Waals surface area (Å²) in [4.78, 5) is 24.1. The molecule has 0 fully saturated rings. The summed E-state index contributed by atoms with van der Waals surface area (Å²) in [5, 5.41) is 2.81. The van der Waals surface area contributed by atoms with Gasteiger partial charge in [-0.15, -0.1) is 0 Å². The first-order chi connectivity index (χ1) is 12.0. The van der Waals surface area contributed by atoms with Crippen molar-refractivity contribution in [1.29, 1.82) is 0 Å². The van der Waals surface area contributed by atoms with Crippen molar-refractivity contribution < 1.29 is 18.7 Å². The standard InChI is InChI=1S/C20H20FNO3/c1-14(20(24)25-2)19(16-8-4-3-5-9-16)22-18(23)12-11-15-7-6-10-17(21)13-15/h3-14,19H,1-2H3,(H,22,23)/b12-11+/t14-,19-/m1/s1. The number of ether oxygens (including phenoxy) is 1. The van der Waals surface area contributed by atoms with Crippen LogP contribution in [0.2, 0.25) is 0 Å². The molecule has 0 unspecified atom stereocenters. The Morgan fingerprint density at radius 1 is 1.12 bits per heavy atom. The maximum absolute atomic E-state index is 13.2. The molecule has 0 aliphatic rings. The second-order valence-electron chi connectivity index (χ2n) is 5.60. The summed E-state index contributed by atoms with van der Waals surface area (Å²) in [6.45, 7) is 1.69. The van der Waals surface area contributed by atoms with Gasteiger partial charge < -0.3 is 10.1 Å². The Labute approximate surface area is 146 Å². The smallest absolute Gasteiger partial charge is 0.310 e. The van der Waals surface area contributed by atoms with Gasteiger partial charge in [-0.1, -0.05) is 42.5 Å². The van der Waals surface area contributed by atoms with E-state index in [2.05, 4.69) is 5.32 Å². The monoisotopic (exact) mass is 341 g/mol. The Morgan fingerprint density at radius 3 is 2.48 bits per heavy atom. The maximum Gasteiger partial charge on any atom is 0.310 e. The lowest BCUT2D eigenvalue weighted by atomic mass is 9.94. The maximum atomic E-state index is 13.2. The minimum atomic E-state index is -0.557. The molecule has 0 saturated heterocycles. The third-order valence-electron chi connectivity index (χ3n) is 3.81. The lowest BCUT2D eigenvalue weighted by Crippen LogP contribution is -2.35. The number of rotatable bonds is 6. The van der Waals surface area contributed by atoms with Crippen molar-refractivity contribution in [2.75, 3.05) is 7.11 Å². The first-order valence-corrected chi connectivity index (χ1v) is 7.88.